The first-order chi connectivity index (χ1) is 9.21. The number of hydrogen-bond acceptors (Lipinski definition) is 2. The van der Waals surface area contributed by atoms with Crippen molar-refractivity contribution in [2.24, 2.45) is 5.41 Å². The minimum atomic E-state index is -0.172. The smallest absolute Gasteiger partial charge is 0.172 e. The first kappa shape index (κ1) is 12.7. The molecule has 1 aromatic rings. The Morgan fingerprint density at radius 1 is 1.16 bits per heavy atom. The van der Waals surface area contributed by atoms with Crippen LogP contribution in [-0.2, 0) is 6.42 Å². The molecule has 0 saturated heterocycles. The number of rotatable bonds is 2. The highest BCUT2D eigenvalue weighted by molar-refractivity contribution is 6.03. The van der Waals surface area contributed by atoms with Gasteiger partial charge >= 0.3 is 0 Å². The molecule has 2 nitrogen and oxygen atoms in total. The Morgan fingerprint density at radius 2 is 1.95 bits per heavy atom. The summed E-state index contributed by atoms with van der Waals surface area (Å²) in [4.78, 5) is 12.9. The number of ketones is 1. The molecule has 0 radical (unpaired) electrons. The zero-order valence-corrected chi connectivity index (χ0v) is 11.7. The molecule has 1 saturated carbocycles. The number of aryl methyl sites for hydroxylation is 1. The molecule has 0 amide bonds. The van der Waals surface area contributed by atoms with Crippen LogP contribution in [0.2, 0.25) is 0 Å². The molecule has 102 valence electrons. The van der Waals surface area contributed by atoms with E-state index in [1.54, 1.807) is 0 Å². The number of fused-ring (bicyclic) bond motifs is 1. The molecule has 0 aromatic heterocycles. The lowest BCUT2D eigenvalue weighted by atomic mass is 9.70. The van der Waals surface area contributed by atoms with Gasteiger partial charge in [0.05, 0.1) is 12.2 Å². The lowest BCUT2D eigenvalue weighted by Crippen LogP contribution is -2.31. The van der Waals surface area contributed by atoms with Crippen LogP contribution in [0.5, 0.6) is 5.75 Å². The van der Waals surface area contributed by atoms with E-state index in [-0.39, 0.29) is 5.41 Å². The lowest BCUT2D eigenvalue weighted by molar-refractivity contribution is 0.0744. The average Bonchev–Trinajstić information content (AvgIpc) is 2.47. The fraction of sp³-hybridized carbons (Fsp3) is 0.588. The Kier molecular flexibility index (Phi) is 3.34. The number of hydrogen-bond donors (Lipinski definition) is 0. The second-order valence-electron chi connectivity index (χ2n) is 6.20. The van der Waals surface area contributed by atoms with Crippen molar-refractivity contribution in [3.05, 3.63) is 29.3 Å². The number of Topliss-reactive ketones (excluding diaryl/α,β-unsaturated/α-hetero) is 1. The van der Waals surface area contributed by atoms with Crippen LogP contribution in [0, 0.1) is 5.41 Å². The molecule has 0 bridgehead atoms. The molecule has 0 spiro atoms. The van der Waals surface area contributed by atoms with Gasteiger partial charge in [-0.05, 0) is 37.3 Å². The molecule has 1 heterocycles. The molecular formula is C17H22O2. The zero-order valence-electron chi connectivity index (χ0n) is 11.7. The minimum Gasteiger partial charge on any atom is -0.493 e. The van der Waals surface area contributed by atoms with Crippen molar-refractivity contribution in [1.29, 1.82) is 0 Å². The SMILES string of the molecule is CC1(C(=O)c2cccc3c2OCCC3)CCCCC1. The van der Waals surface area contributed by atoms with Crippen LogP contribution in [0.3, 0.4) is 0 Å². The number of para-hydroxylation sites is 1. The molecule has 0 N–H and O–H groups in total. The van der Waals surface area contributed by atoms with Crippen molar-refractivity contribution < 1.29 is 9.53 Å². The molecule has 0 unspecified atom stereocenters. The van der Waals surface area contributed by atoms with Crippen LogP contribution in [0.1, 0.15) is 61.4 Å². The van der Waals surface area contributed by atoms with Gasteiger partial charge in [-0.2, -0.15) is 0 Å². The number of ether oxygens (including phenoxy) is 1. The number of benzene rings is 1. The quantitative estimate of drug-likeness (QED) is 0.744. The van der Waals surface area contributed by atoms with Crippen molar-refractivity contribution >= 4 is 5.78 Å². The number of carbonyl (C=O) groups excluding carboxylic acids is 1. The highest BCUT2D eigenvalue weighted by atomic mass is 16.5. The maximum atomic E-state index is 12.9. The summed E-state index contributed by atoms with van der Waals surface area (Å²) in [6.07, 6.45) is 7.77. The van der Waals surface area contributed by atoms with Gasteiger partial charge in [-0.3, -0.25) is 4.79 Å². The summed E-state index contributed by atoms with van der Waals surface area (Å²) in [5.74, 6) is 1.16. The summed E-state index contributed by atoms with van der Waals surface area (Å²) in [7, 11) is 0. The summed E-state index contributed by atoms with van der Waals surface area (Å²) in [6.45, 7) is 2.88. The average molecular weight is 258 g/mol. The van der Waals surface area contributed by atoms with E-state index < -0.39 is 0 Å². The normalized spacial score (nSPS) is 21.3. The van der Waals surface area contributed by atoms with Gasteiger partial charge in [0, 0.05) is 5.41 Å². The van der Waals surface area contributed by atoms with Gasteiger partial charge in [0.1, 0.15) is 5.75 Å². The van der Waals surface area contributed by atoms with E-state index in [2.05, 4.69) is 13.0 Å². The predicted molar refractivity (Wildman–Crippen MR) is 75.8 cm³/mol. The van der Waals surface area contributed by atoms with Crippen molar-refractivity contribution in [3.8, 4) is 5.75 Å². The first-order valence-electron chi connectivity index (χ1n) is 7.50. The van der Waals surface area contributed by atoms with Gasteiger partial charge in [0.15, 0.2) is 5.78 Å². The largest absolute Gasteiger partial charge is 0.493 e. The third kappa shape index (κ3) is 2.29. The summed E-state index contributed by atoms with van der Waals surface area (Å²) < 4.78 is 5.79. The van der Waals surface area contributed by atoms with E-state index in [0.29, 0.717) is 5.78 Å². The molecular weight excluding hydrogens is 236 g/mol. The topological polar surface area (TPSA) is 26.3 Å². The second-order valence-corrected chi connectivity index (χ2v) is 6.20. The monoisotopic (exact) mass is 258 g/mol. The molecule has 0 atom stereocenters. The van der Waals surface area contributed by atoms with Gasteiger partial charge in [-0.15, -0.1) is 0 Å². The van der Waals surface area contributed by atoms with Gasteiger partial charge in [0.25, 0.3) is 0 Å². The van der Waals surface area contributed by atoms with Crippen LogP contribution in [0.4, 0.5) is 0 Å². The second kappa shape index (κ2) is 4.99. The predicted octanol–water partition coefficient (Wildman–Crippen LogP) is 4.16. The Balaban J connectivity index is 1.95. The molecule has 3 rings (SSSR count). The van der Waals surface area contributed by atoms with Gasteiger partial charge in [-0.25, -0.2) is 0 Å². The minimum absolute atomic E-state index is 0.172. The van der Waals surface area contributed by atoms with Crippen molar-refractivity contribution in [2.75, 3.05) is 6.61 Å². The van der Waals surface area contributed by atoms with Crippen LogP contribution >= 0.6 is 0 Å². The van der Waals surface area contributed by atoms with E-state index in [1.807, 2.05) is 12.1 Å². The Hall–Kier alpha value is -1.31. The summed E-state index contributed by atoms with van der Waals surface area (Å²) in [5.41, 5.74) is 1.85. The molecule has 19 heavy (non-hydrogen) atoms. The van der Waals surface area contributed by atoms with Crippen LogP contribution in [-0.4, -0.2) is 12.4 Å². The van der Waals surface area contributed by atoms with E-state index in [1.165, 1.54) is 24.8 Å². The van der Waals surface area contributed by atoms with E-state index in [4.69, 9.17) is 4.74 Å². The summed E-state index contributed by atoms with van der Waals surface area (Å²) >= 11 is 0. The molecule has 1 aromatic carbocycles. The van der Waals surface area contributed by atoms with E-state index >= 15 is 0 Å². The van der Waals surface area contributed by atoms with Gasteiger partial charge < -0.3 is 4.74 Å². The maximum absolute atomic E-state index is 12.9. The fourth-order valence-corrected chi connectivity index (χ4v) is 3.45. The van der Waals surface area contributed by atoms with Crippen molar-refractivity contribution in [1.82, 2.24) is 0 Å². The standard InChI is InChI=1S/C17H22O2/c1-17(10-3-2-4-11-17)16(18)14-9-5-7-13-8-6-12-19-15(13)14/h5,7,9H,2-4,6,8,10-12H2,1H3. The maximum Gasteiger partial charge on any atom is 0.172 e. The third-order valence-electron chi connectivity index (χ3n) is 4.68. The fourth-order valence-electron chi connectivity index (χ4n) is 3.45. The van der Waals surface area contributed by atoms with Crippen molar-refractivity contribution in [3.63, 3.8) is 0 Å². The summed E-state index contributed by atoms with van der Waals surface area (Å²) in [6, 6.07) is 6.05. The molecule has 2 aliphatic rings. The highest BCUT2D eigenvalue weighted by Gasteiger charge is 2.37. The zero-order chi connectivity index (χ0) is 13.3. The Morgan fingerprint density at radius 3 is 2.74 bits per heavy atom. The molecule has 2 heteroatoms. The lowest BCUT2D eigenvalue weighted by Gasteiger charge is -2.33. The van der Waals surface area contributed by atoms with Crippen LogP contribution < -0.4 is 4.74 Å². The van der Waals surface area contributed by atoms with Crippen molar-refractivity contribution in [2.45, 2.75) is 51.9 Å². The van der Waals surface area contributed by atoms with Gasteiger partial charge in [-0.1, -0.05) is 38.3 Å². The Bertz CT molecular complexity index is 484. The van der Waals surface area contributed by atoms with Gasteiger partial charge in [0.2, 0.25) is 0 Å². The van der Waals surface area contributed by atoms with Crippen LogP contribution in [0.25, 0.3) is 0 Å². The van der Waals surface area contributed by atoms with Crippen LogP contribution in [0.15, 0.2) is 18.2 Å². The summed E-state index contributed by atoms with van der Waals surface area (Å²) in [5, 5.41) is 0. The van der Waals surface area contributed by atoms with E-state index in [9.17, 15) is 4.79 Å². The molecule has 1 fully saturated rings. The number of carbonyl (C=O) groups is 1. The molecule has 1 aliphatic heterocycles. The van der Waals surface area contributed by atoms with E-state index in [0.717, 1.165) is 43.6 Å². The highest BCUT2D eigenvalue weighted by Crippen LogP contribution is 2.41. The molecule has 1 aliphatic carbocycles. The first-order valence-corrected chi connectivity index (χ1v) is 7.50. The third-order valence-corrected chi connectivity index (χ3v) is 4.68. The Labute approximate surface area is 115 Å².